The van der Waals surface area contributed by atoms with Crippen molar-refractivity contribution in [2.24, 2.45) is 11.8 Å². The van der Waals surface area contributed by atoms with E-state index in [1.807, 2.05) is 52.3 Å². The van der Waals surface area contributed by atoms with Crippen LogP contribution in [0.15, 0.2) is 54.6 Å². The monoisotopic (exact) mass is 523 g/mol. The van der Waals surface area contributed by atoms with Crippen molar-refractivity contribution in [3.63, 3.8) is 0 Å². The molecule has 0 saturated carbocycles. The summed E-state index contributed by atoms with van der Waals surface area (Å²) in [5.41, 5.74) is 1.05. The second-order valence-corrected chi connectivity index (χ2v) is 12.0. The molecule has 5 rings (SSSR count). The van der Waals surface area contributed by atoms with Crippen LogP contribution in [0.1, 0.15) is 38.2 Å². The van der Waals surface area contributed by atoms with Gasteiger partial charge < -0.3 is 19.8 Å². The predicted octanol–water partition coefficient (Wildman–Crippen LogP) is 2.85. The Balaban J connectivity index is 1.49. The number of unbranched alkanes of at least 4 members (excludes halogenated alkanes) is 2. The molecule has 0 radical (unpaired) electrons. The van der Waals surface area contributed by atoms with Crippen molar-refractivity contribution in [2.75, 3.05) is 32.8 Å². The fourth-order valence-electron chi connectivity index (χ4n) is 6.42. The number of fused-ring (bicyclic) bond motifs is 2. The third-order valence-electron chi connectivity index (χ3n) is 8.13. The van der Waals surface area contributed by atoms with E-state index in [-0.39, 0.29) is 29.6 Å². The highest BCUT2D eigenvalue weighted by Crippen LogP contribution is 2.61. The smallest absolute Gasteiger partial charge is 0.247 e. The Kier molecular flexibility index (Phi) is 7.77. The summed E-state index contributed by atoms with van der Waals surface area (Å²) in [6.45, 7) is 4.59. The zero-order chi connectivity index (χ0) is 26.0. The number of hydrogen-bond acceptors (Lipinski definition) is 5. The summed E-state index contributed by atoms with van der Waals surface area (Å²) in [5, 5.41) is 9.39. The van der Waals surface area contributed by atoms with Crippen molar-refractivity contribution in [3.8, 4) is 0 Å². The van der Waals surface area contributed by atoms with Crippen molar-refractivity contribution < 1.29 is 19.5 Å². The molecule has 7 nitrogen and oxygen atoms in total. The van der Waals surface area contributed by atoms with Crippen molar-refractivity contribution >= 4 is 29.5 Å². The van der Waals surface area contributed by atoms with Gasteiger partial charge in [-0.25, -0.2) is 0 Å². The lowest BCUT2D eigenvalue weighted by molar-refractivity contribution is -0.144. The zero-order valence-electron chi connectivity index (χ0n) is 21.5. The quantitative estimate of drug-likeness (QED) is 0.398. The minimum atomic E-state index is -0.784. The van der Waals surface area contributed by atoms with Crippen molar-refractivity contribution in [1.29, 1.82) is 0 Å². The van der Waals surface area contributed by atoms with Gasteiger partial charge in [-0.2, -0.15) is 0 Å². The van der Waals surface area contributed by atoms with E-state index in [1.54, 1.807) is 16.7 Å². The van der Waals surface area contributed by atoms with Crippen LogP contribution in [0.3, 0.4) is 0 Å². The maximum atomic E-state index is 14.1. The number of benzene rings is 1. The lowest BCUT2D eigenvalue weighted by Gasteiger charge is -2.35. The molecule has 1 unspecified atom stereocenters. The molecule has 4 aliphatic rings. The molecule has 4 heterocycles. The first kappa shape index (κ1) is 26.0. The molecule has 1 spiro atoms. The van der Waals surface area contributed by atoms with E-state index in [1.165, 1.54) is 0 Å². The van der Waals surface area contributed by atoms with Crippen LogP contribution >= 0.6 is 11.8 Å². The van der Waals surface area contributed by atoms with Gasteiger partial charge in [0.15, 0.2) is 0 Å². The van der Waals surface area contributed by atoms with E-state index in [9.17, 15) is 19.5 Å². The summed E-state index contributed by atoms with van der Waals surface area (Å²) in [5.74, 6) is -1.30. The van der Waals surface area contributed by atoms with Gasteiger partial charge in [0.25, 0.3) is 0 Å². The second-order valence-electron chi connectivity index (χ2n) is 10.5. The first-order valence-electron chi connectivity index (χ1n) is 13.6. The van der Waals surface area contributed by atoms with Crippen LogP contribution in [0.4, 0.5) is 0 Å². The van der Waals surface area contributed by atoms with Crippen molar-refractivity contribution in [2.45, 2.75) is 55.2 Å². The number of hydrogen-bond donors (Lipinski definition) is 1. The number of nitrogens with zero attached hydrogens (tertiary/aromatic N) is 3. The molecule has 8 heteroatoms. The summed E-state index contributed by atoms with van der Waals surface area (Å²) in [7, 11) is 0. The Hall–Kier alpha value is -2.58. The Bertz CT molecular complexity index is 1080. The van der Waals surface area contributed by atoms with Crippen molar-refractivity contribution in [1.82, 2.24) is 14.7 Å². The number of likely N-dealkylation sites (tertiary alicyclic amines) is 1. The third-order valence-corrected chi connectivity index (χ3v) is 9.87. The molecule has 0 aliphatic carbocycles. The summed E-state index contributed by atoms with van der Waals surface area (Å²) in [6, 6.07) is 9.26. The van der Waals surface area contributed by atoms with Gasteiger partial charge in [0.1, 0.15) is 6.04 Å². The molecular weight excluding hydrogens is 486 g/mol. The normalized spacial score (nSPS) is 30.9. The van der Waals surface area contributed by atoms with Gasteiger partial charge >= 0.3 is 0 Å². The van der Waals surface area contributed by atoms with Gasteiger partial charge in [-0.15, -0.1) is 11.8 Å². The number of carbonyl (C=O) groups excluding carboxylic acids is 3. The van der Waals surface area contributed by atoms with Gasteiger partial charge in [-0.1, -0.05) is 74.4 Å². The Labute approximate surface area is 223 Å². The molecule has 37 heavy (non-hydrogen) atoms. The average molecular weight is 524 g/mol. The maximum absolute atomic E-state index is 14.1. The standard InChI is InChI=1S/C29H37N3O4S/c1-2-3-7-15-30-17-9-14-29-24(27(35)32(18-10-19-33)25(29)28(30)36)23-22(37-29)13-8-16-31(26(23)34)20-21-11-5-4-6-12-21/h4-6,8-9,11-14,22-25,33H,2-3,7,10,15-20H2,1H3/t22-,23+,24+,25?,29+/m1/s1. The van der Waals surface area contributed by atoms with Crippen molar-refractivity contribution in [3.05, 3.63) is 60.2 Å². The highest BCUT2D eigenvalue weighted by Gasteiger charge is 2.70. The molecule has 1 N–H and O–H groups in total. The minimum Gasteiger partial charge on any atom is -0.396 e. The van der Waals surface area contributed by atoms with Crippen LogP contribution in [0.5, 0.6) is 0 Å². The number of rotatable bonds is 9. The lowest BCUT2D eigenvalue weighted by Crippen LogP contribution is -2.53. The van der Waals surface area contributed by atoms with Crippen LogP contribution in [0, 0.1) is 11.8 Å². The van der Waals surface area contributed by atoms with Crippen LogP contribution in [-0.4, -0.2) is 86.4 Å². The predicted molar refractivity (Wildman–Crippen MR) is 145 cm³/mol. The Morgan fingerprint density at radius 3 is 2.49 bits per heavy atom. The molecule has 0 bridgehead atoms. The minimum absolute atomic E-state index is 0.0192. The maximum Gasteiger partial charge on any atom is 0.247 e. The van der Waals surface area contributed by atoms with Crippen LogP contribution in [0.25, 0.3) is 0 Å². The van der Waals surface area contributed by atoms with E-state index in [0.717, 1.165) is 24.8 Å². The molecule has 198 valence electrons. The van der Waals surface area contributed by atoms with E-state index >= 15 is 0 Å². The van der Waals surface area contributed by atoms with E-state index in [0.29, 0.717) is 39.1 Å². The summed E-state index contributed by atoms with van der Waals surface area (Å²) < 4.78 is -0.784. The number of amides is 3. The fraction of sp³-hybridized carbons (Fsp3) is 0.552. The number of aliphatic hydroxyl groups is 1. The summed E-state index contributed by atoms with van der Waals surface area (Å²) in [4.78, 5) is 47.6. The van der Waals surface area contributed by atoms with Gasteiger partial charge in [-0.05, 0) is 18.4 Å². The average Bonchev–Trinajstić information content (AvgIpc) is 3.22. The SMILES string of the molecule is CCCCCN1CC=C[C@]23S[C@@H]4C=CCN(Cc5ccccc5)C(=O)[C@@H]4[C@H]2C(=O)N(CCCO)C3C1=O. The van der Waals surface area contributed by atoms with E-state index in [4.69, 9.17) is 0 Å². The Morgan fingerprint density at radius 2 is 1.73 bits per heavy atom. The van der Waals surface area contributed by atoms with Crippen LogP contribution < -0.4 is 0 Å². The third kappa shape index (κ3) is 4.63. The van der Waals surface area contributed by atoms with E-state index in [2.05, 4.69) is 19.1 Å². The Morgan fingerprint density at radius 1 is 0.946 bits per heavy atom. The number of aliphatic hydroxyl groups excluding tert-OH is 1. The largest absolute Gasteiger partial charge is 0.396 e. The topological polar surface area (TPSA) is 81.2 Å². The van der Waals surface area contributed by atoms with Crippen LogP contribution in [0.2, 0.25) is 0 Å². The second kappa shape index (κ2) is 11.0. The summed E-state index contributed by atoms with van der Waals surface area (Å²) >= 11 is 1.62. The fourth-order valence-corrected chi connectivity index (χ4v) is 8.42. The molecule has 2 saturated heterocycles. The molecule has 3 amide bonds. The lowest BCUT2D eigenvalue weighted by atomic mass is 9.78. The zero-order valence-corrected chi connectivity index (χ0v) is 22.3. The first-order valence-corrected chi connectivity index (χ1v) is 14.4. The van der Waals surface area contributed by atoms with Crippen LogP contribution in [-0.2, 0) is 20.9 Å². The van der Waals surface area contributed by atoms with Gasteiger partial charge in [0.05, 0.1) is 16.6 Å². The number of thioether (sulfide) groups is 1. The van der Waals surface area contributed by atoms with E-state index < -0.39 is 22.6 Å². The highest BCUT2D eigenvalue weighted by atomic mass is 32.2. The molecule has 1 aromatic carbocycles. The number of carbonyl (C=O) groups is 3. The molecule has 4 aliphatic heterocycles. The summed E-state index contributed by atoms with van der Waals surface area (Å²) in [6.07, 6.45) is 11.7. The first-order chi connectivity index (χ1) is 18.0. The highest BCUT2D eigenvalue weighted by molar-refractivity contribution is 8.02. The molecule has 2 fully saturated rings. The van der Waals surface area contributed by atoms with Gasteiger partial charge in [0, 0.05) is 44.6 Å². The molecular formula is C29H37N3O4S. The van der Waals surface area contributed by atoms with Gasteiger partial charge in [-0.3, -0.25) is 14.4 Å². The molecule has 5 atom stereocenters. The molecule has 1 aromatic rings. The van der Waals surface area contributed by atoms with Gasteiger partial charge in [0.2, 0.25) is 17.7 Å². The molecule has 0 aromatic heterocycles.